The lowest BCUT2D eigenvalue weighted by Crippen LogP contribution is -2.52. The van der Waals surface area contributed by atoms with Crippen molar-refractivity contribution in [1.82, 2.24) is 0 Å². The normalized spacial score (nSPS) is 19.0. The molecule has 0 aliphatic rings. The smallest absolute Gasteiger partial charge is 0.354 e. The van der Waals surface area contributed by atoms with Crippen LogP contribution in [0.2, 0.25) is 6.04 Å². The quantitative estimate of drug-likeness (QED) is 0.383. The van der Waals surface area contributed by atoms with Crippen LogP contribution in [0.3, 0.4) is 0 Å². The van der Waals surface area contributed by atoms with Crippen LogP contribution in [0, 0.1) is 0 Å². The standard InChI is InChI=1S/C14H32O6Si/c1-8-15-12(5)18-21(11-4,19-13(6)16-9-2)20-14(7)17-10-3/h12-14H,8-11H2,1-7H3. The first-order valence-electron chi connectivity index (χ1n) is 7.81. The van der Waals surface area contributed by atoms with Crippen molar-refractivity contribution in [3.63, 3.8) is 0 Å². The van der Waals surface area contributed by atoms with Gasteiger partial charge in [-0.15, -0.1) is 0 Å². The molecule has 3 unspecified atom stereocenters. The Kier molecular flexibility index (Phi) is 11.5. The lowest BCUT2D eigenvalue weighted by molar-refractivity contribution is -0.175. The van der Waals surface area contributed by atoms with Crippen LogP contribution >= 0.6 is 0 Å². The minimum atomic E-state index is -2.95. The molecule has 21 heavy (non-hydrogen) atoms. The first-order valence-corrected chi connectivity index (χ1v) is 9.74. The second kappa shape index (κ2) is 11.5. The van der Waals surface area contributed by atoms with E-state index in [4.69, 9.17) is 27.5 Å². The Morgan fingerprint density at radius 2 is 0.905 bits per heavy atom. The van der Waals surface area contributed by atoms with Crippen LogP contribution in [0.1, 0.15) is 48.5 Å². The van der Waals surface area contributed by atoms with E-state index in [0.29, 0.717) is 25.9 Å². The molecule has 3 atom stereocenters. The average molecular weight is 324 g/mol. The largest absolute Gasteiger partial charge is 0.506 e. The van der Waals surface area contributed by atoms with Crippen molar-refractivity contribution in [3.05, 3.63) is 0 Å². The highest BCUT2D eigenvalue weighted by Crippen LogP contribution is 2.22. The average Bonchev–Trinajstić information content (AvgIpc) is 2.39. The number of hydrogen-bond acceptors (Lipinski definition) is 6. The molecular formula is C14H32O6Si. The fourth-order valence-corrected chi connectivity index (χ4v) is 4.29. The van der Waals surface area contributed by atoms with Gasteiger partial charge < -0.3 is 27.5 Å². The molecule has 0 N–H and O–H groups in total. The fraction of sp³-hybridized carbons (Fsp3) is 1.00. The molecule has 0 saturated heterocycles. The third-order valence-corrected chi connectivity index (χ3v) is 5.61. The molecule has 0 amide bonds. The molecule has 0 heterocycles. The minimum absolute atomic E-state index is 0.399. The van der Waals surface area contributed by atoms with E-state index in [-0.39, 0.29) is 0 Å². The van der Waals surface area contributed by atoms with Crippen molar-refractivity contribution in [1.29, 1.82) is 0 Å². The minimum Gasteiger partial charge on any atom is -0.354 e. The van der Waals surface area contributed by atoms with Crippen LogP contribution in [0.15, 0.2) is 0 Å². The van der Waals surface area contributed by atoms with Crippen LogP contribution in [0.25, 0.3) is 0 Å². The molecule has 0 bridgehead atoms. The first kappa shape index (κ1) is 21.0. The van der Waals surface area contributed by atoms with Gasteiger partial charge in [0.1, 0.15) is 18.9 Å². The second-order valence-corrected chi connectivity index (χ2v) is 7.24. The van der Waals surface area contributed by atoms with E-state index in [1.165, 1.54) is 0 Å². The topological polar surface area (TPSA) is 55.4 Å². The maximum atomic E-state index is 5.97. The molecule has 0 rings (SSSR count). The van der Waals surface area contributed by atoms with Crippen molar-refractivity contribution in [2.45, 2.75) is 73.4 Å². The Hall–Kier alpha value is -0.0231. The highest BCUT2D eigenvalue weighted by atomic mass is 28.4. The van der Waals surface area contributed by atoms with Gasteiger partial charge in [-0.2, -0.15) is 0 Å². The number of hydrogen-bond donors (Lipinski definition) is 0. The maximum absolute atomic E-state index is 5.97. The second-order valence-electron chi connectivity index (χ2n) is 4.46. The summed E-state index contributed by atoms with van der Waals surface area (Å²) in [5.41, 5.74) is 0. The van der Waals surface area contributed by atoms with E-state index in [1.54, 1.807) is 0 Å². The number of ether oxygens (including phenoxy) is 3. The van der Waals surface area contributed by atoms with Gasteiger partial charge in [0.15, 0.2) is 0 Å². The molecule has 0 aliphatic carbocycles. The summed E-state index contributed by atoms with van der Waals surface area (Å²) in [6, 6.07) is 0.610. The van der Waals surface area contributed by atoms with E-state index in [1.807, 2.05) is 48.5 Å². The van der Waals surface area contributed by atoms with Gasteiger partial charge in [-0.25, -0.2) is 0 Å². The van der Waals surface area contributed by atoms with Crippen molar-refractivity contribution >= 4 is 8.80 Å². The highest BCUT2D eigenvalue weighted by Gasteiger charge is 2.44. The van der Waals surface area contributed by atoms with Gasteiger partial charge in [0, 0.05) is 25.9 Å². The highest BCUT2D eigenvalue weighted by molar-refractivity contribution is 6.60. The van der Waals surface area contributed by atoms with E-state index in [0.717, 1.165) is 0 Å². The predicted molar refractivity (Wildman–Crippen MR) is 82.8 cm³/mol. The van der Waals surface area contributed by atoms with Crippen molar-refractivity contribution < 1.29 is 27.5 Å². The molecule has 0 spiro atoms. The van der Waals surface area contributed by atoms with Gasteiger partial charge >= 0.3 is 8.80 Å². The Morgan fingerprint density at radius 3 is 1.10 bits per heavy atom. The van der Waals surface area contributed by atoms with Crippen LogP contribution in [0.5, 0.6) is 0 Å². The van der Waals surface area contributed by atoms with E-state index < -0.39 is 27.7 Å². The fourth-order valence-electron chi connectivity index (χ4n) is 1.90. The summed E-state index contributed by atoms with van der Waals surface area (Å²) < 4.78 is 34.3. The summed E-state index contributed by atoms with van der Waals surface area (Å²) in [6.07, 6.45) is -1.20. The molecular weight excluding hydrogens is 292 g/mol. The maximum Gasteiger partial charge on any atom is 0.506 e. The molecule has 0 aromatic heterocycles. The monoisotopic (exact) mass is 324 g/mol. The molecule has 6 nitrogen and oxygen atoms in total. The van der Waals surface area contributed by atoms with E-state index in [9.17, 15) is 0 Å². The zero-order chi connectivity index (χ0) is 16.3. The molecule has 0 radical (unpaired) electrons. The third-order valence-electron chi connectivity index (χ3n) is 2.67. The lowest BCUT2D eigenvalue weighted by atomic mass is 10.7. The van der Waals surface area contributed by atoms with Crippen molar-refractivity contribution in [3.8, 4) is 0 Å². The summed E-state index contributed by atoms with van der Waals surface area (Å²) in [7, 11) is -2.95. The molecule has 7 heteroatoms. The Bertz CT molecular complexity index is 218. The van der Waals surface area contributed by atoms with E-state index in [2.05, 4.69) is 0 Å². The molecule has 128 valence electrons. The predicted octanol–water partition coefficient (Wildman–Crippen LogP) is 3.14. The van der Waals surface area contributed by atoms with Crippen LogP contribution in [-0.4, -0.2) is 47.5 Å². The molecule has 0 aromatic carbocycles. The Balaban J connectivity index is 4.89. The summed E-state index contributed by atoms with van der Waals surface area (Å²) >= 11 is 0. The van der Waals surface area contributed by atoms with Crippen LogP contribution in [0.4, 0.5) is 0 Å². The summed E-state index contributed by atoms with van der Waals surface area (Å²) in [5, 5.41) is 0. The molecule has 0 aliphatic heterocycles. The zero-order valence-electron chi connectivity index (χ0n) is 14.5. The lowest BCUT2D eigenvalue weighted by Gasteiger charge is -2.35. The SMILES string of the molecule is CCOC(C)O[Si](CC)(OC(C)OCC)OC(C)OCC. The van der Waals surface area contributed by atoms with E-state index >= 15 is 0 Å². The Morgan fingerprint density at radius 1 is 0.619 bits per heavy atom. The molecule has 0 aromatic rings. The van der Waals surface area contributed by atoms with Gasteiger partial charge in [0.05, 0.1) is 0 Å². The van der Waals surface area contributed by atoms with Gasteiger partial charge in [-0.05, 0) is 41.5 Å². The van der Waals surface area contributed by atoms with Gasteiger partial charge in [0.25, 0.3) is 0 Å². The number of rotatable bonds is 13. The Labute approximate surface area is 130 Å². The summed E-state index contributed by atoms with van der Waals surface area (Å²) in [5.74, 6) is 0. The van der Waals surface area contributed by atoms with Gasteiger partial charge in [-0.3, -0.25) is 0 Å². The molecule has 0 saturated carbocycles. The third kappa shape index (κ3) is 8.87. The van der Waals surface area contributed by atoms with Gasteiger partial charge in [0.2, 0.25) is 0 Å². The van der Waals surface area contributed by atoms with Crippen LogP contribution < -0.4 is 0 Å². The van der Waals surface area contributed by atoms with Crippen molar-refractivity contribution in [2.24, 2.45) is 0 Å². The van der Waals surface area contributed by atoms with Gasteiger partial charge in [-0.1, -0.05) is 6.92 Å². The van der Waals surface area contributed by atoms with Crippen LogP contribution in [-0.2, 0) is 27.5 Å². The zero-order valence-corrected chi connectivity index (χ0v) is 15.5. The summed E-state index contributed by atoms with van der Waals surface area (Å²) in [4.78, 5) is 0. The van der Waals surface area contributed by atoms with Crippen molar-refractivity contribution in [2.75, 3.05) is 19.8 Å². The first-order chi connectivity index (χ1) is 9.92. The summed E-state index contributed by atoms with van der Waals surface area (Å²) in [6.45, 7) is 14.9. The molecule has 0 fully saturated rings.